The van der Waals surface area contributed by atoms with Gasteiger partial charge in [-0.05, 0) is 12.8 Å². The molecule has 0 aromatic carbocycles. The van der Waals surface area contributed by atoms with E-state index in [0.29, 0.717) is 18.6 Å². The van der Waals surface area contributed by atoms with E-state index in [1.807, 2.05) is 0 Å². The van der Waals surface area contributed by atoms with Crippen LogP contribution < -0.4 is 5.32 Å². The van der Waals surface area contributed by atoms with Gasteiger partial charge in [0.25, 0.3) is 0 Å². The third-order valence-corrected chi connectivity index (χ3v) is 3.09. The summed E-state index contributed by atoms with van der Waals surface area (Å²) in [7, 11) is 0. The zero-order valence-electron chi connectivity index (χ0n) is 7.21. The zero-order chi connectivity index (χ0) is 8.39. The van der Waals surface area contributed by atoms with Gasteiger partial charge in [-0.2, -0.15) is 0 Å². The predicted octanol–water partition coefficient (Wildman–Crippen LogP) is 1.49. The van der Waals surface area contributed by atoms with E-state index in [1.165, 1.54) is 25.7 Å². The van der Waals surface area contributed by atoms with Gasteiger partial charge in [0.1, 0.15) is 4.99 Å². The Morgan fingerprint density at radius 1 is 1.33 bits per heavy atom. The number of ether oxygens (including phenoxy) is 1. The fourth-order valence-corrected chi connectivity index (χ4v) is 2.26. The van der Waals surface area contributed by atoms with Gasteiger partial charge in [-0.3, -0.25) is 0 Å². The van der Waals surface area contributed by atoms with Crippen LogP contribution in [-0.4, -0.2) is 24.2 Å². The van der Waals surface area contributed by atoms with E-state index in [2.05, 4.69) is 5.32 Å². The molecule has 3 heteroatoms. The van der Waals surface area contributed by atoms with E-state index in [4.69, 9.17) is 17.0 Å². The normalized spacial score (nSPS) is 36.5. The summed E-state index contributed by atoms with van der Waals surface area (Å²) in [6, 6.07) is 0. The van der Waals surface area contributed by atoms with Gasteiger partial charge in [0, 0.05) is 12.5 Å². The van der Waals surface area contributed by atoms with Crippen molar-refractivity contribution in [2.45, 2.75) is 31.8 Å². The highest BCUT2D eigenvalue weighted by Gasteiger charge is 2.27. The topological polar surface area (TPSA) is 21.3 Å². The highest BCUT2D eigenvalue weighted by molar-refractivity contribution is 7.80. The van der Waals surface area contributed by atoms with E-state index in [0.717, 1.165) is 11.5 Å². The first kappa shape index (κ1) is 8.45. The van der Waals surface area contributed by atoms with Crippen molar-refractivity contribution in [2.24, 2.45) is 5.92 Å². The Balaban J connectivity index is 1.98. The van der Waals surface area contributed by atoms with Crippen molar-refractivity contribution in [1.29, 1.82) is 0 Å². The van der Waals surface area contributed by atoms with Gasteiger partial charge in [0.2, 0.25) is 0 Å². The fraction of sp³-hybridized carbons (Fsp3) is 0.889. The van der Waals surface area contributed by atoms with Gasteiger partial charge in [-0.25, -0.2) is 0 Å². The Labute approximate surface area is 78.7 Å². The number of thiocarbonyl (C=S) groups is 1. The Morgan fingerprint density at radius 3 is 3.08 bits per heavy atom. The highest BCUT2D eigenvalue weighted by Crippen LogP contribution is 2.27. The summed E-state index contributed by atoms with van der Waals surface area (Å²) in [5, 5.41) is 3.25. The van der Waals surface area contributed by atoms with Crippen LogP contribution in [0.3, 0.4) is 0 Å². The Morgan fingerprint density at radius 2 is 2.17 bits per heavy atom. The summed E-state index contributed by atoms with van der Waals surface area (Å²) in [5.41, 5.74) is 0. The number of hydrogen-bond donors (Lipinski definition) is 1. The summed E-state index contributed by atoms with van der Waals surface area (Å²) in [4.78, 5) is 0.879. The van der Waals surface area contributed by atoms with E-state index >= 15 is 0 Å². The minimum absolute atomic E-state index is 0.478. The molecule has 1 saturated carbocycles. The second-order valence-electron chi connectivity index (χ2n) is 3.70. The van der Waals surface area contributed by atoms with Crippen LogP contribution in [0.2, 0.25) is 0 Å². The monoisotopic (exact) mass is 185 g/mol. The maximum atomic E-state index is 5.72. The van der Waals surface area contributed by atoms with E-state index in [1.54, 1.807) is 0 Å². The first-order valence-electron chi connectivity index (χ1n) is 4.74. The van der Waals surface area contributed by atoms with Crippen LogP contribution in [-0.2, 0) is 4.74 Å². The van der Waals surface area contributed by atoms with Crippen molar-refractivity contribution in [3.63, 3.8) is 0 Å². The highest BCUT2D eigenvalue weighted by atomic mass is 32.1. The fourth-order valence-electron chi connectivity index (χ4n) is 2.11. The van der Waals surface area contributed by atoms with E-state index < -0.39 is 0 Å². The van der Waals surface area contributed by atoms with Crippen LogP contribution in [0.25, 0.3) is 0 Å². The smallest absolute Gasteiger partial charge is 0.101 e. The van der Waals surface area contributed by atoms with Gasteiger partial charge >= 0.3 is 0 Å². The summed E-state index contributed by atoms with van der Waals surface area (Å²) in [5.74, 6) is 0.708. The number of hydrogen-bond acceptors (Lipinski definition) is 2. The molecule has 0 aromatic rings. The van der Waals surface area contributed by atoms with Crippen LogP contribution in [0.5, 0.6) is 0 Å². The van der Waals surface area contributed by atoms with Gasteiger partial charge in [0.15, 0.2) is 0 Å². The van der Waals surface area contributed by atoms with Crippen LogP contribution in [0.1, 0.15) is 25.7 Å². The molecule has 0 radical (unpaired) electrons. The van der Waals surface area contributed by atoms with Gasteiger partial charge in [-0.1, -0.05) is 25.1 Å². The molecule has 12 heavy (non-hydrogen) atoms. The molecule has 2 rings (SSSR count). The van der Waals surface area contributed by atoms with Crippen molar-refractivity contribution >= 4 is 17.2 Å². The quantitative estimate of drug-likeness (QED) is 0.578. The third kappa shape index (κ3) is 1.77. The molecule has 0 aromatic heterocycles. The summed E-state index contributed by atoms with van der Waals surface area (Å²) >= 11 is 5.08. The largest absolute Gasteiger partial charge is 0.377 e. The molecule has 1 heterocycles. The van der Waals surface area contributed by atoms with Crippen molar-refractivity contribution < 1.29 is 4.74 Å². The molecule has 0 spiro atoms. The SMILES string of the molecule is S=C1CO[C@H]2CCCC[C@@H]2CN1. The van der Waals surface area contributed by atoms with Gasteiger partial charge < -0.3 is 10.1 Å². The van der Waals surface area contributed by atoms with Crippen LogP contribution in [0, 0.1) is 5.92 Å². The standard InChI is InChI=1S/C9H15NOS/c12-9-6-11-8-4-2-1-3-7(8)5-10-9/h7-8H,1-6H2,(H,10,12)/t7-,8+/m1/s1. The molecule has 68 valence electrons. The molecular weight excluding hydrogens is 170 g/mol. The van der Waals surface area contributed by atoms with Crippen LogP contribution in [0.15, 0.2) is 0 Å². The van der Waals surface area contributed by atoms with Crippen molar-refractivity contribution in [3.8, 4) is 0 Å². The lowest BCUT2D eigenvalue weighted by Crippen LogP contribution is -2.32. The minimum Gasteiger partial charge on any atom is -0.377 e. The lowest BCUT2D eigenvalue weighted by Gasteiger charge is -2.28. The molecule has 1 aliphatic carbocycles. The molecule has 2 nitrogen and oxygen atoms in total. The maximum Gasteiger partial charge on any atom is 0.101 e. The van der Waals surface area contributed by atoms with E-state index in [-0.39, 0.29) is 0 Å². The second-order valence-corrected chi connectivity index (χ2v) is 4.19. The predicted molar refractivity (Wildman–Crippen MR) is 52.3 cm³/mol. The molecule has 0 bridgehead atoms. The average Bonchev–Trinajstić information content (AvgIpc) is 2.29. The molecule has 1 saturated heterocycles. The second kappa shape index (κ2) is 3.71. The van der Waals surface area contributed by atoms with Crippen molar-refractivity contribution in [3.05, 3.63) is 0 Å². The molecule has 2 atom stereocenters. The Hall–Kier alpha value is -0.150. The van der Waals surface area contributed by atoms with Crippen LogP contribution >= 0.6 is 12.2 Å². The number of fused-ring (bicyclic) bond motifs is 1. The summed E-state index contributed by atoms with van der Waals surface area (Å²) in [6.07, 6.45) is 5.70. The Kier molecular flexibility index (Phi) is 2.61. The minimum atomic E-state index is 0.478. The third-order valence-electron chi connectivity index (χ3n) is 2.83. The summed E-state index contributed by atoms with van der Waals surface area (Å²) in [6.45, 7) is 1.67. The Bertz CT molecular complexity index is 165. The molecule has 2 fully saturated rings. The lowest BCUT2D eigenvalue weighted by atomic mass is 9.86. The molecular formula is C9H15NOS. The number of nitrogens with one attached hydrogen (secondary N) is 1. The first-order chi connectivity index (χ1) is 5.86. The molecule has 1 aliphatic heterocycles. The van der Waals surface area contributed by atoms with Gasteiger partial charge in [-0.15, -0.1) is 0 Å². The van der Waals surface area contributed by atoms with Gasteiger partial charge in [0.05, 0.1) is 12.7 Å². The average molecular weight is 185 g/mol. The first-order valence-corrected chi connectivity index (χ1v) is 5.15. The van der Waals surface area contributed by atoms with Crippen molar-refractivity contribution in [1.82, 2.24) is 5.32 Å². The number of rotatable bonds is 0. The van der Waals surface area contributed by atoms with E-state index in [9.17, 15) is 0 Å². The zero-order valence-corrected chi connectivity index (χ0v) is 8.03. The molecule has 0 amide bonds. The maximum absolute atomic E-state index is 5.72. The molecule has 2 aliphatic rings. The molecule has 0 unspecified atom stereocenters. The summed E-state index contributed by atoms with van der Waals surface area (Å²) < 4.78 is 5.72. The van der Waals surface area contributed by atoms with Crippen molar-refractivity contribution in [2.75, 3.05) is 13.2 Å². The van der Waals surface area contributed by atoms with Crippen LogP contribution in [0.4, 0.5) is 0 Å². The lowest BCUT2D eigenvalue weighted by molar-refractivity contribution is 0.0188. The molecule has 1 N–H and O–H groups in total.